The second-order valence-electron chi connectivity index (χ2n) is 6.38. The van der Waals surface area contributed by atoms with Crippen LogP contribution in [0.1, 0.15) is 64.4 Å². The molecule has 1 aliphatic rings. The molecule has 2 rings (SSSR count). The van der Waals surface area contributed by atoms with Crippen molar-refractivity contribution >= 4 is 23.2 Å². The van der Waals surface area contributed by atoms with Crippen molar-refractivity contribution in [2.75, 3.05) is 20.6 Å². The highest BCUT2D eigenvalue weighted by atomic mass is 35.5. The molecule has 0 bridgehead atoms. The zero-order valence-corrected chi connectivity index (χ0v) is 16.1. The van der Waals surface area contributed by atoms with E-state index in [0.29, 0.717) is 15.5 Å². The Kier molecular flexibility index (Phi) is 8.82. The number of hydrogen-bond acceptors (Lipinski definition) is 1. The SMILES string of the molecule is CC.CN(C)CCCC1(c2ccc(Cl)c(Cl)c2)CCCCC1. The van der Waals surface area contributed by atoms with Crippen LogP contribution in [0.5, 0.6) is 0 Å². The molecule has 0 saturated heterocycles. The molecule has 0 unspecified atom stereocenters. The Balaban J connectivity index is 0.00000116. The van der Waals surface area contributed by atoms with E-state index in [-0.39, 0.29) is 0 Å². The molecule has 0 spiro atoms. The van der Waals surface area contributed by atoms with E-state index >= 15 is 0 Å². The van der Waals surface area contributed by atoms with Gasteiger partial charge in [0.05, 0.1) is 10.0 Å². The van der Waals surface area contributed by atoms with Crippen molar-refractivity contribution in [1.82, 2.24) is 4.90 Å². The van der Waals surface area contributed by atoms with Crippen molar-refractivity contribution in [3.8, 4) is 0 Å². The molecule has 0 amide bonds. The number of hydrogen-bond donors (Lipinski definition) is 0. The molecule has 1 nitrogen and oxygen atoms in total. The molecule has 0 radical (unpaired) electrons. The minimum atomic E-state index is 0.322. The Bertz CT molecular complexity index is 437. The van der Waals surface area contributed by atoms with E-state index in [0.717, 1.165) is 6.54 Å². The minimum Gasteiger partial charge on any atom is -0.309 e. The van der Waals surface area contributed by atoms with Gasteiger partial charge in [0.25, 0.3) is 0 Å². The van der Waals surface area contributed by atoms with Crippen molar-refractivity contribution < 1.29 is 0 Å². The van der Waals surface area contributed by atoms with Crippen molar-refractivity contribution in [3.63, 3.8) is 0 Å². The number of nitrogens with zero attached hydrogens (tertiary/aromatic N) is 1. The largest absolute Gasteiger partial charge is 0.309 e. The lowest BCUT2D eigenvalue weighted by atomic mass is 9.67. The Morgan fingerprint density at radius 2 is 1.64 bits per heavy atom. The van der Waals surface area contributed by atoms with E-state index in [1.807, 2.05) is 19.9 Å². The van der Waals surface area contributed by atoms with Gasteiger partial charge in [0.15, 0.2) is 0 Å². The average Bonchev–Trinajstić information content (AvgIpc) is 2.52. The number of halogens is 2. The van der Waals surface area contributed by atoms with Gasteiger partial charge in [-0.1, -0.05) is 62.4 Å². The van der Waals surface area contributed by atoms with Crippen LogP contribution < -0.4 is 0 Å². The first kappa shape index (κ1) is 19.8. The fourth-order valence-corrected chi connectivity index (χ4v) is 3.77. The van der Waals surface area contributed by atoms with Gasteiger partial charge in [0.2, 0.25) is 0 Å². The molecule has 1 fully saturated rings. The van der Waals surface area contributed by atoms with E-state index < -0.39 is 0 Å². The Morgan fingerprint density at radius 1 is 1.00 bits per heavy atom. The van der Waals surface area contributed by atoms with E-state index in [9.17, 15) is 0 Å². The van der Waals surface area contributed by atoms with Crippen LogP contribution in [0.4, 0.5) is 0 Å². The predicted octanol–water partition coefficient (Wildman–Crippen LogP) is 6.56. The van der Waals surface area contributed by atoms with Crippen molar-refractivity contribution in [3.05, 3.63) is 33.8 Å². The monoisotopic (exact) mass is 343 g/mol. The van der Waals surface area contributed by atoms with Crippen LogP contribution in [0.3, 0.4) is 0 Å². The first-order chi connectivity index (χ1) is 10.5. The van der Waals surface area contributed by atoms with E-state index in [2.05, 4.69) is 31.1 Å². The summed E-state index contributed by atoms with van der Waals surface area (Å²) in [5.74, 6) is 0. The lowest BCUT2D eigenvalue weighted by molar-refractivity contribution is 0.255. The average molecular weight is 344 g/mol. The summed E-state index contributed by atoms with van der Waals surface area (Å²) in [4.78, 5) is 2.27. The topological polar surface area (TPSA) is 3.24 Å². The Hall–Kier alpha value is -0.240. The third-order valence-corrected chi connectivity index (χ3v) is 5.34. The molecule has 126 valence electrons. The van der Waals surface area contributed by atoms with E-state index in [4.69, 9.17) is 23.2 Å². The molecule has 0 heterocycles. The Morgan fingerprint density at radius 3 is 2.18 bits per heavy atom. The molecule has 0 atom stereocenters. The van der Waals surface area contributed by atoms with Crippen molar-refractivity contribution in [2.45, 2.75) is 64.2 Å². The predicted molar refractivity (Wildman–Crippen MR) is 100 cm³/mol. The lowest BCUT2D eigenvalue weighted by Crippen LogP contribution is -2.30. The summed E-state index contributed by atoms with van der Waals surface area (Å²) in [6, 6.07) is 6.25. The van der Waals surface area contributed by atoms with Crippen molar-refractivity contribution in [1.29, 1.82) is 0 Å². The van der Waals surface area contributed by atoms with Gasteiger partial charge in [-0.25, -0.2) is 0 Å². The third-order valence-electron chi connectivity index (χ3n) is 4.60. The maximum Gasteiger partial charge on any atom is 0.0595 e. The van der Waals surface area contributed by atoms with E-state index in [1.54, 1.807) is 0 Å². The van der Waals surface area contributed by atoms with Gasteiger partial charge in [0.1, 0.15) is 0 Å². The minimum absolute atomic E-state index is 0.322. The Labute approximate surface area is 147 Å². The number of benzene rings is 1. The summed E-state index contributed by atoms with van der Waals surface area (Å²) in [6.45, 7) is 5.16. The molecule has 1 aromatic carbocycles. The van der Waals surface area contributed by atoms with Crippen LogP contribution in [0.2, 0.25) is 10.0 Å². The first-order valence-electron chi connectivity index (χ1n) is 8.64. The van der Waals surface area contributed by atoms with Gasteiger partial charge >= 0.3 is 0 Å². The standard InChI is InChI=1S/C17H25Cl2N.C2H6/c1-20(2)12-6-11-17(9-4-3-5-10-17)14-7-8-15(18)16(19)13-14;1-2/h7-8,13H,3-6,9-12H2,1-2H3;1-2H3. The third kappa shape index (κ3) is 5.44. The van der Waals surface area contributed by atoms with Crippen LogP contribution in [0.15, 0.2) is 18.2 Å². The fraction of sp³-hybridized carbons (Fsp3) is 0.684. The first-order valence-corrected chi connectivity index (χ1v) is 9.39. The van der Waals surface area contributed by atoms with Crippen LogP contribution in [0, 0.1) is 0 Å². The molecule has 3 heteroatoms. The highest BCUT2D eigenvalue weighted by Gasteiger charge is 2.33. The van der Waals surface area contributed by atoms with Crippen LogP contribution >= 0.6 is 23.2 Å². The highest BCUT2D eigenvalue weighted by Crippen LogP contribution is 2.44. The second-order valence-corrected chi connectivity index (χ2v) is 7.19. The molecular weight excluding hydrogens is 313 g/mol. The van der Waals surface area contributed by atoms with Gasteiger partial charge in [-0.05, 0) is 69.4 Å². The summed E-state index contributed by atoms with van der Waals surface area (Å²) in [7, 11) is 4.29. The second kappa shape index (κ2) is 9.80. The summed E-state index contributed by atoms with van der Waals surface area (Å²) in [5.41, 5.74) is 1.72. The van der Waals surface area contributed by atoms with Gasteiger partial charge in [0, 0.05) is 0 Å². The molecular formula is C19H31Cl2N. The molecule has 0 N–H and O–H groups in total. The molecule has 0 aromatic heterocycles. The van der Waals surface area contributed by atoms with Gasteiger partial charge < -0.3 is 4.90 Å². The normalized spacial score (nSPS) is 17.0. The molecule has 1 aliphatic carbocycles. The summed E-state index contributed by atoms with van der Waals surface area (Å²) in [5, 5.41) is 1.36. The molecule has 1 aromatic rings. The molecule has 0 aliphatic heterocycles. The van der Waals surface area contributed by atoms with Gasteiger partial charge in [-0.3, -0.25) is 0 Å². The summed E-state index contributed by atoms with van der Waals surface area (Å²) in [6.07, 6.45) is 9.12. The van der Waals surface area contributed by atoms with Gasteiger partial charge in [-0.2, -0.15) is 0 Å². The van der Waals surface area contributed by atoms with Crippen molar-refractivity contribution in [2.24, 2.45) is 0 Å². The maximum absolute atomic E-state index is 6.24. The van der Waals surface area contributed by atoms with Gasteiger partial charge in [-0.15, -0.1) is 0 Å². The lowest BCUT2D eigenvalue weighted by Gasteiger charge is -2.38. The number of rotatable bonds is 5. The zero-order valence-electron chi connectivity index (χ0n) is 14.6. The molecule has 1 saturated carbocycles. The van der Waals surface area contributed by atoms with Crippen LogP contribution in [-0.4, -0.2) is 25.5 Å². The van der Waals surface area contributed by atoms with E-state index in [1.165, 1.54) is 50.5 Å². The smallest absolute Gasteiger partial charge is 0.0595 e. The maximum atomic E-state index is 6.24. The molecule has 22 heavy (non-hydrogen) atoms. The van der Waals surface area contributed by atoms with Crippen LogP contribution in [0.25, 0.3) is 0 Å². The fourth-order valence-electron chi connectivity index (χ4n) is 3.47. The zero-order chi connectivity index (χ0) is 16.6. The van der Waals surface area contributed by atoms with Crippen LogP contribution in [-0.2, 0) is 5.41 Å². The summed E-state index contributed by atoms with van der Waals surface area (Å²) < 4.78 is 0. The quantitative estimate of drug-likeness (QED) is 0.584. The summed E-state index contributed by atoms with van der Waals surface area (Å²) >= 11 is 12.3. The highest BCUT2D eigenvalue weighted by molar-refractivity contribution is 6.42.